The first-order valence-corrected chi connectivity index (χ1v) is 12.7. The highest BCUT2D eigenvalue weighted by Gasteiger charge is 2.70. The van der Waals surface area contributed by atoms with Crippen LogP contribution in [0.2, 0.25) is 0 Å². The Hall–Kier alpha value is -2.79. The van der Waals surface area contributed by atoms with Crippen LogP contribution in [0.3, 0.4) is 0 Å². The lowest BCUT2D eigenvalue weighted by atomic mass is 9.85. The number of halogens is 2. The van der Waals surface area contributed by atoms with E-state index in [4.69, 9.17) is 0 Å². The first kappa shape index (κ1) is 28.8. The standard InChI is InChI=1S/C25H38F2N4O6/c1-23(2,3)18(30-22(36)37)21(35)31-11-13-15(24(13,4)5)16(31)19(33)29-14(9-10-25(6,26)27)17(32)20(34)28-12-7-8-12/h12-16,18,30H,7-11H2,1-6H3,(H,28,34)(H,29,33)(H,36,37)/t13-,14?,15-,16-,18?/m0/s1. The van der Waals surface area contributed by atoms with E-state index < -0.39 is 71.9 Å². The minimum Gasteiger partial charge on any atom is -0.465 e. The molecule has 0 aromatic heterocycles. The third-order valence-electron chi connectivity index (χ3n) is 7.78. The molecule has 37 heavy (non-hydrogen) atoms. The summed E-state index contributed by atoms with van der Waals surface area (Å²) in [7, 11) is 0. The summed E-state index contributed by atoms with van der Waals surface area (Å²) in [5.74, 6) is -6.63. The fourth-order valence-corrected chi connectivity index (χ4v) is 5.32. The largest absolute Gasteiger partial charge is 0.465 e. The lowest BCUT2D eigenvalue weighted by Gasteiger charge is -2.37. The SMILES string of the molecule is CC(F)(F)CCC(NC(=O)[C@@H]1[C@@H]2[C@H](CN1C(=O)C(NC(=O)O)C(C)(C)C)C2(C)C)C(=O)C(=O)NC1CC1. The van der Waals surface area contributed by atoms with Crippen molar-refractivity contribution in [1.82, 2.24) is 20.9 Å². The highest BCUT2D eigenvalue weighted by molar-refractivity contribution is 6.38. The molecule has 4 N–H and O–H groups in total. The van der Waals surface area contributed by atoms with Crippen molar-refractivity contribution in [2.45, 2.75) is 97.3 Å². The van der Waals surface area contributed by atoms with Gasteiger partial charge in [0, 0.05) is 19.0 Å². The minimum absolute atomic E-state index is 0.0232. The number of fused-ring (bicyclic) bond motifs is 1. The first-order chi connectivity index (χ1) is 16.8. The van der Waals surface area contributed by atoms with E-state index in [0.717, 1.165) is 12.8 Å². The Morgan fingerprint density at radius 1 is 1.05 bits per heavy atom. The van der Waals surface area contributed by atoms with Gasteiger partial charge in [-0.2, -0.15) is 0 Å². The summed E-state index contributed by atoms with van der Waals surface area (Å²) >= 11 is 0. The van der Waals surface area contributed by atoms with Gasteiger partial charge in [-0.3, -0.25) is 19.2 Å². The number of rotatable bonds is 10. The van der Waals surface area contributed by atoms with Crippen LogP contribution in [-0.2, 0) is 19.2 Å². The molecule has 5 atom stereocenters. The molecule has 0 bridgehead atoms. The third kappa shape index (κ3) is 6.56. The highest BCUT2D eigenvalue weighted by Crippen LogP contribution is 2.65. The molecule has 1 aliphatic heterocycles. The monoisotopic (exact) mass is 528 g/mol. The normalized spacial score (nSPS) is 25.9. The van der Waals surface area contributed by atoms with Crippen molar-refractivity contribution in [2.24, 2.45) is 22.7 Å². The van der Waals surface area contributed by atoms with Crippen LogP contribution in [0.15, 0.2) is 0 Å². The van der Waals surface area contributed by atoms with Crippen molar-refractivity contribution in [3.8, 4) is 0 Å². The molecule has 0 spiro atoms. The van der Waals surface area contributed by atoms with Crippen LogP contribution >= 0.6 is 0 Å². The van der Waals surface area contributed by atoms with Crippen LogP contribution in [0.4, 0.5) is 13.6 Å². The number of ketones is 1. The van der Waals surface area contributed by atoms with Gasteiger partial charge in [-0.15, -0.1) is 0 Å². The zero-order valence-corrected chi connectivity index (χ0v) is 22.2. The Morgan fingerprint density at radius 2 is 1.65 bits per heavy atom. The maximum atomic E-state index is 13.6. The quantitative estimate of drug-likeness (QED) is 0.319. The smallest absolute Gasteiger partial charge is 0.405 e. The Morgan fingerprint density at radius 3 is 2.14 bits per heavy atom. The molecule has 2 unspecified atom stereocenters. The Kier molecular flexibility index (Phi) is 7.64. The number of carboxylic acid groups (broad SMARTS) is 1. The number of carbonyl (C=O) groups excluding carboxylic acids is 4. The number of alkyl halides is 2. The van der Waals surface area contributed by atoms with Crippen LogP contribution in [0.1, 0.15) is 67.2 Å². The van der Waals surface area contributed by atoms with Crippen LogP contribution in [-0.4, -0.2) is 76.2 Å². The van der Waals surface area contributed by atoms with Gasteiger partial charge in [0.05, 0.1) is 6.04 Å². The average Bonchev–Trinajstić information content (AvgIpc) is 3.59. The van der Waals surface area contributed by atoms with Gasteiger partial charge in [-0.05, 0) is 48.9 Å². The summed E-state index contributed by atoms with van der Waals surface area (Å²) in [6.45, 7) is 9.89. The molecule has 0 aromatic carbocycles. The Balaban J connectivity index is 1.84. The van der Waals surface area contributed by atoms with E-state index in [2.05, 4.69) is 16.0 Å². The number of hydrogen-bond donors (Lipinski definition) is 4. The fourth-order valence-electron chi connectivity index (χ4n) is 5.32. The second-order valence-corrected chi connectivity index (χ2v) is 12.4. The summed E-state index contributed by atoms with van der Waals surface area (Å²) < 4.78 is 27.2. The van der Waals surface area contributed by atoms with Crippen molar-refractivity contribution in [3.63, 3.8) is 0 Å². The van der Waals surface area contributed by atoms with Gasteiger partial charge in [-0.25, -0.2) is 13.6 Å². The molecule has 3 rings (SSSR count). The van der Waals surface area contributed by atoms with E-state index in [9.17, 15) is 37.9 Å². The summed E-state index contributed by atoms with van der Waals surface area (Å²) in [4.78, 5) is 65.0. The van der Waals surface area contributed by atoms with Crippen molar-refractivity contribution in [3.05, 3.63) is 0 Å². The molecule has 1 saturated heterocycles. The molecule has 0 radical (unpaired) electrons. The number of hydrogen-bond acceptors (Lipinski definition) is 5. The number of nitrogens with one attached hydrogen (secondary N) is 3. The maximum Gasteiger partial charge on any atom is 0.405 e. The molecule has 1 heterocycles. The molecule has 12 heteroatoms. The predicted molar refractivity (Wildman–Crippen MR) is 129 cm³/mol. The second kappa shape index (κ2) is 9.83. The number of nitrogens with zero attached hydrogens (tertiary/aromatic N) is 1. The van der Waals surface area contributed by atoms with Gasteiger partial charge in [0.25, 0.3) is 5.91 Å². The van der Waals surface area contributed by atoms with E-state index in [1.807, 2.05) is 13.8 Å². The average molecular weight is 529 g/mol. The molecule has 0 aromatic rings. The van der Waals surface area contributed by atoms with Crippen molar-refractivity contribution < 1.29 is 37.9 Å². The van der Waals surface area contributed by atoms with Crippen molar-refractivity contribution in [1.29, 1.82) is 0 Å². The number of amides is 4. The molecular formula is C25H38F2N4O6. The Bertz CT molecular complexity index is 969. The molecule has 4 amide bonds. The predicted octanol–water partition coefficient (Wildman–Crippen LogP) is 1.92. The van der Waals surface area contributed by atoms with Crippen LogP contribution in [0, 0.1) is 22.7 Å². The fraction of sp³-hybridized carbons (Fsp3) is 0.800. The van der Waals surface area contributed by atoms with E-state index in [0.29, 0.717) is 6.92 Å². The molecule has 3 aliphatic rings. The third-order valence-corrected chi connectivity index (χ3v) is 7.78. The Labute approximate surface area is 215 Å². The lowest BCUT2D eigenvalue weighted by molar-refractivity contribution is -0.145. The number of piperidine rings is 1. The molecule has 208 valence electrons. The second-order valence-electron chi connectivity index (χ2n) is 12.4. The zero-order valence-electron chi connectivity index (χ0n) is 22.2. The molecular weight excluding hydrogens is 490 g/mol. The van der Waals surface area contributed by atoms with E-state index in [-0.39, 0.29) is 29.8 Å². The topological polar surface area (TPSA) is 145 Å². The van der Waals surface area contributed by atoms with Crippen LogP contribution in [0.25, 0.3) is 0 Å². The van der Waals surface area contributed by atoms with Gasteiger partial charge >= 0.3 is 6.09 Å². The summed E-state index contributed by atoms with van der Waals surface area (Å²) in [6.07, 6.45) is -1.11. The zero-order chi connectivity index (χ0) is 28.1. The first-order valence-electron chi connectivity index (χ1n) is 12.7. The summed E-state index contributed by atoms with van der Waals surface area (Å²) in [6, 6.07) is -3.78. The summed E-state index contributed by atoms with van der Waals surface area (Å²) in [5, 5.41) is 16.5. The number of carbonyl (C=O) groups is 5. The van der Waals surface area contributed by atoms with Crippen molar-refractivity contribution >= 4 is 29.6 Å². The number of likely N-dealkylation sites (tertiary alicyclic amines) is 1. The lowest BCUT2D eigenvalue weighted by Crippen LogP contribution is -2.60. The van der Waals surface area contributed by atoms with Gasteiger partial charge in [0.2, 0.25) is 23.5 Å². The maximum absolute atomic E-state index is 13.6. The number of Topliss-reactive ketones (excluding diaryl/α,β-unsaturated/α-hetero) is 1. The minimum atomic E-state index is -3.11. The van der Waals surface area contributed by atoms with Crippen molar-refractivity contribution in [2.75, 3.05) is 6.54 Å². The molecule has 3 fully saturated rings. The highest BCUT2D eigenvalue weighted by atomic mass is 19.3. The van der Waals surface area contributed by atoms with Gasteiger partial charge in [-0.1, -0.05) is 34.6 Å². The van der Waals surface area contributed by atoms with E-state index >= 15 is 0 Å². The molecule has 10 nitrogen and oxygen atoms in total. The van der Waals surface area contributed by atoms with Gasteiger partial charge in [0.15, 0.2) is 0 Å². The van der Waals surface area contributed by atoms with Gasteiger partial charge < -0.3 is 26.0 Å². The molecule has 2 aliphatic carbocycles. The van der Waals surface area contributed by atoms with Crippen LogP contribution < -0.4 is 16.0 Å². The molecule has 2 saturated carbocycles. The summed E-state index contributed by atoms with van der Waals surface area (Å²) in [5.41, 5.74) is -1.08. The van der Waals surface area contributed by atoms with Crippen LogP contribution in [0.5, 0.6) is 0 Å². The van der Waals surface area contributed by atoms with E-state index in [1.54, 1.807) is 20.8 Å². The van der Waals surface area contributed by atoms with E-state index in [1.165, 1.54) is 4.90 Å². The van der Waals surface area contributed by atoms with Gasteiger partial charge in [0.1, 0.15) is 12.1 Å².